The predicted octanol–water partition coefficient (Wildman–Crippen LogP) is 2.15. The van der Waals surface area contributed by atoms with Gasteiger partial charge in [-0.25, -0.2) is 0 Å². The van der Waals surface area contributed by atoms with Crippen LogP contribution in [-0.4, -0.2) is 70.0 Å². The van der Waals surface area contributed by atoms with Crippen LogP contribution in [0.3, 0.4) is 0 Å². The van der Waals surface area contributed by atoms with Gasteiger partial charge in [-0.1, -0.05) is 54.6 Å². The molecule has 0 bridgehead atoms. The first-order valence-corrected chi connectivity index (χ1v) is 16.6. The molecule has 41 heavy (non-hydrogen) atoms. The van der Waals surface area contributed by atoms with Gasteiger partial charge in [0.25, 0.3) is 0 Å². The van der Waals surface area contributed by atoms with Crippen molar-refractivity contribution in [1.82, 2.24) is 10.2 Å². The van der Waals surface area contributed by atoms with Gasteiger partial charge in [0.05, 0.1) is 17.5 Å². The second kappa shape index (κ2) is 14.4. The first-order chi connectivity index (χ1) is 19.8. The molecule has 0 saturated carbocycles. The molecule has 8 nitrogen and oxygen atoms in total. The van der Waals surface area contributed by atoms with Crippen LogP contribution in [0.1, 0.15) is 19.3 Å². The van der Waals surface area contributed by atoms with E-state index in [0.29, 0.717) is 13.0 Å². The molecule has 214 valence electrons. The summed E-state index contributed by atoms with van der Waals surface area (Å²) in [5.41, 5.74) is 5.85. The number of unbranched alkanes of at least 4 members (excludes halogenated alkanes) is 1. The number of aliphatic carboxylic acids is 1. The summed E-state index contributed by atoms with van der Waals surface area (Å²) in [6, 6.07) is 30.8. The minimum Gasteiger partial charge on any atom is -0.480 e. The molecule has 4 rings (SSSR count). The number of hydrogen-bond donors (Lipinski definition) is 3. The number of nitrogens with one attached hydrogen (secondary N) is 1. The highest BCUT2D eigenvalue weighted by Crippen LogP contribution is 2.55. The lowest BCUT2D eigenvalue weighted by Crippen LogP contribution is -2.44. The van der Waals surface area contributed by atoms with E-state index in [-0.39, 0.29) is 24.0 Å². The van der Waals surface area contributed by atoms with Crippen LogP contribution in [0.25, 0.3) is 0 Å². The Balaban J connectivity index is 1.41. The van der Waals surface area contributed by atoms with E-state index in [9.17, 15) is 19.2 Å². The molecule has 0 spiro atoms. The maximum absolute atomic E-state index is 13.0. The van der Waals surface area contributed by atoms with Crippen molar-refractivity contribution in [2.45, 2.75) is 30.6 Å². The van der Waals surface area contributed by atoms with Gasteiger partial charge >= 0.3 is 5.97 Å². The molecule has 1 saturated heterocycles. The largest absolute Gasteiger partial charge is 0.480 e. The summed E-state index contributed by atoms with van der Waals surface area (Å²) in [6.07, 6.45) is 2.48. The number of hydrogen-bond acceptors (Lipinski definition) is 6. The average molecular weight is 593 g/mol. The minimum absolute atomic E-state index is 0.0714. The van der Waals surface area contributed by atoms with Crippen LogP contribution < -0.4 is 27.0 Å². The highest BCUT2D eigenvalue weighted by Gasteiger charge is 2.45. The van der Waals surface area contributed by atoms with Gasteiger partial charge in [0.15, 0.2) is 0 Å². The van der Waals surface area contributed by atoms with Crippen molar-refractivity contribution in [3.63, 3.8) is 0 Å². The SMILES string of the molecule is NC(CSC1CC(=O)N(CCCC[P+](c2ccccc2)(c2ccccc2)c2ccccc2)C1=O)C(=O)NCC(=O)O. The van der Waals surface area contributed by atoms with Crippen molar-refractivity contribution in [2.75, 3.05) is 25.0 Å². The van der Waals surface area contributed by atoms with Gasteiger partial charge in [-0.3, -0.25) is 24.1 Å². The van der Waals surface area contributed by atoms with E-state index in [0.717, 1.165) is 12.6 Å². The third-order valence-corrected chi connectivity index (χ3v) is 13.0. The number of benzene rings is 3. The Morgan fingerprint density at radius 3 is 1.90 bits per heavy atom. The number of nitrogens with two attached hydrogens (primary N) is 1. The van der Waals surface area contributed by atoms with E-state index < -0.39 is 37.0 Å². The quantitative estimate of drug-likeness (QED) is 0.149. The predicted molar refractivity (Wildman–Crippen MR) is 165 cm³/mol. The molecule has 1 aliphatic heterocycles. The normalized spacial score (nSPS) is 16.0. The fourth-order valence-corrected chi connectivity index (χ4v) is 10.6. The van der Waals surface area contributed by atoms with E-state index in [4.69, 9.17) is 10.8 Å². The maximum Gasteiger partial charge on any atom is 0.322 e. The number of thioether (sulfide) groups is 1. The number of nitrogens with zero attached hydrogens (tertiary/aromatic N) is 1. The average Bonchev–Trinajstić information content (AvgIpc) is 3.27. The van der Waals surface area contributed by atoms with Gasteiger partial charge in [0, 0.05) is 18.7 Å². The zero-order chi connectivity index (χ0) is 29.2. The molecule has 0 aliphatic carbocycles. The van der Waals surface area contributed by atoms with Crippen LogP contribution in [0, 0.1) is 0 Å². The van der Waals surface area contributed by atoms with E-state index in [2.05, 4.69) is 78.1 Å². The molecule has 3 aromatic rings. The molecule has 2 atom stereocenters. The number of imide groups is 1. The number of carbonyl (C=O) groups excluding carboxylic acids is 3. The molecular weight excluding hydrogens is 557 g/mol. The number of carbonyl (C=O) groups is 4. The Bertz CT molecular complexity index is 1250. The minimum atomic E-state index is -1.98. The number of rotatable bonds is 14. The standard InChI is InChI=1S/C31H34N3O5PS/c32-26(30(38)33-21-29(36)37)22-41-27-20-28(35)34(31(27)39)18-10-11-19-40(23-12-4-1-5-13-23,24-14-6-2-7-15-24)25-16-8-3-9-17-25/h1-9,12-17,26-27H,10-11,18-22,32H2,(H-,33,36,37,38)/p+1. The number of likely N-dealkylation sites (tertiary alicyclic amines) is 1. The Labute approximate surface area is 245 Å². The summed E-state index contributed by atoms with van der Waals surface area (Å²) in [6.45, 7) is -0.174. The van der Waals surface area contributed by atoms with Crippen molar-refractivity contribution >= 4 is 58.6 Å². The van der Waals surface area contributed by atoms with Gasteiger partial charge in [0.2, 0.25) is 17.7 Å². The van der Waals surface area contributed by atoms with E-state index >= 15 is 0 Å². The lowest BCUT2D eigenvalue weighted by molar-refractivity contribution is -0.139. The van der Waals surface area contributed by atoms with Gasteiger partial charge < -0.3 is 16.2 Å². The molecule has 2 unspecified atom stereocenters. The Kier molecular flexibility index (Phi) is 10.7. The third-order valence-electron chi connectivity index (χ3n) is 7.15. The summed E-state index contributed by atoms with van der Waals surface area (Å²) in [5.74, 6) is -2.13. The smallest absolute Gasteiger partial charge is 0.322 e. The summed E-state index contributed by atoms with van der Waals surface area (Å²) in [4.78, 5) is 49.7. The maximum atomic E-state index is 13.0. The fourth-order valence-electron chi connectivity index (χ4n) is 5.11. The second-order valence-corrected chi connectivity index (χ2v) is 14.7. The number of amides is 3. The van der Waals surface area contributed by atoms with Crippen LogP contribution in [0.5, 0.6) is 0 Å². The third kappa shape index (κ3) is 7.41. The molecule has 3 aromatic carbocycles. The van der Waals surface area contributed by atoms with Crippen LogP contribution in [0.15, 0.2) is 91.0 Å². The van der Waals surface area contributed by atoms with Crippen LogP contribution >= 0.6 is 19.0 Å². The van der Waals surface area contributed by atoms with Crippen molar-refractivity contribution in [3.8, 4) is 0 Å². The highest BCUT2D eigenvalue weighted by atomic mass is 32.2. The van der Waals surface area contributed by atoms with Gasteiger partial charge in [-0.05, 0) is 49.2 Å². The summed E-state index contributed by atoms with van der Waals surface area (Å²) < 4.78 is 0. The van der Waals surface area contributed by atoms with Gasteiger partial charge in [0.1, 0.15) is 29.7 Å². The van der Waals surface area contributed by atoms with Crippen LogP contribution in [0.4, 0.5) is 0 Å². The van der Waals surface area contributed by atoms with Gasteiger partial charge in [-0.2, -0.15) is 0 Å². The van der Waals surface area contributed by atoms with Crippen molar-refractivity contribution in [1.29, 1.82) is 0 Å². The lowest BCUT2D eigenvalue weighted by Gasteiger charge is -2.28. The van der Waals surface area contributed by atoms with Crippen molar-refractivity contribution in [3.05, 3.63) is 91.0 Å². The zero-order valence-corrected chi connectivity index (χ0v) is 24.4. The Hall–Kier alpha value is -3.52. The summed E-state index contributed by atoms with van der Waals surface area (Å²) >= 11 is 1.17. The van der Waals surface area contributed by atoms with E-state index in [1.807, 2.05) is 18.2 Å². The molecule has 0 radical (unpaired) electrons. The van der Waals surface area contributed by atoms with Crippen molar-refractivity contribution in [2.24, 2.45) is 5.73 Å². The van der Waals surface area contributed by atoms with E-state index in [1.165, 1.54) is 32.6 Å². The summed E-state index contributed by atoms with van der Waals surface area (Å²) in [7, 11) is -1.98. The van der Waals surface area contributed by atoms with Crippen LogP contribution in [-0.2, 0) is 19.2 Å². The number of carboxylic acid groups (broad SMARTS) is 1. The molecule has 10 heteroatoms. The lowest BCUT2D eigenvalue weighted by atomic mass is 10.3. The molecule has 3 amide bonds. The second-order valence-electron chi connectivity index (χ2n) is 9.87. The first-order valence-electron chi connectivity index (χ1n) is 13.6. The summed E-state index contributed by atoms with van der Waals surface area (Å²) in [5, 5.41) is 14.2. The van der Waals surface area contributed by atoms with E-state index in [1.54, 1.807) is 0 Å². The van der Waals surface area contributed by atoms with Gasteiger partial charge in [-0.15, -0.1) is 11.8 Å². The first kappa shape index (κ1) is 30.4. The van der Waals surface area contributed by atoms with Crippen LogP contribution in [0.2, 0.25) is 0 Å². The zero-order valence-electron chi connectivity index (χ0n) is 22.7. The Morgan fingerprint density at radius 1 is 0.902 bits per heavy atom. The molecule has 1 heterocycles. The molecule has 0 aromatic heterocycles. The van der Waals surface area contributed by atoms with Crippen molar-refractivity contribution < 1.29 is 24.3 Å². The number of carboxylic acids is 1. The highest BCUT2D eigenvalue weighted by molar-refractivity contribution is 8.00. The molecular formula is C31H35N3O5PS+. The molecule has 1 aliphatic rings. The molecule has 4 N–H and O–H groups in total. The molecule has 1 fully saturated rings. The monoisotopic (exact) mass is 592 g/mol. The fraction of sp³-hybridized carbons (Fsp3) is 0.290. The Morgan fingerprint density at radius 2 is 1.41 bits per heavy atom. The topological polar surface area (TPSA) is 130 Å².